The number of ketones is 2. The van der Waals surface area contributed by atoms with E-state index in [9.17, 15) is 19.2 Å². The zero-order chi connectivity index (χ0) is 16.5. The van der Waals surface area contributed by atoms with E-state index in [0.717, 1.165) is 24.3 Å². The van der Waals surface area contributed by atoms with Crippen LogP contribution in [0.5, 0.6) is 0 Å². The molecule has 22 heavy (non-hydrogen) atoms. The second-order valence-electron chi connectivity index (χ2n) is 5.17. The molecule has 0 bridgehead atoms. The van der Waals surface area contributed by atoms with E-state index in [-0.39, 0.29) is 24.4 Å². The third-order valence-corrected chi connectivity index (χ3v) is 3.04. The molecule has 1 rings (SSSR count). The number of hydrogen-bond acceptors (Lipinski definition) is 6. The average Bonchev–Trinajstić information content (AvgIpc) is 2.46. The molecule has 0 aliphatic carbocycles. The Morgan fingerprint density at radius 3 is 1.45 bits per heavy atom. The van der Waals surface area contributed by atoms with Gasteiger partial charge in [-0.25, -0.2) is 9.59 Å². The normalized spacial score (nSPS) is 28.6. The predicted molar refractivity (Wildman–Crippen MR) is 77.9 cm³/mol. The average molecular weight is 308 g/mol. The quantitative estimate of drug-likeness (QED) is 0.633. The first-order valence-corrected chi connectivity index (χ1v) is 7.20. The Morgan fingerprint density at radius 1 is 0.727 bits per heavy atom. The van der Waals surface area contributed by atoms with Gasteiger partial charge in [0.15, 0.2) is 11.6 Å². The fourth-order valence-corrected chi connectivity index (χ4v) is 1.77. The van der Waals surface area contributed by atoms with Crippen LogP contribution in [0.4, 0.5) is 0 Å². The van der Waals surface area contributed by atoms with Crippen LogP contribution in [-0.2, 0) is 28.7 Å². The maximum absolute atomic E-state index is 11.6. The van der Waals surface area contributed by atoms with Gasteiger partial charge in [-0.3, -0.25) is 9.59 Å². The van der Waals surface area contributed by atoms with E-state index in [1.807, 2.05) is 0 Å². The molecule has 1 aliphatic rings. The van der Waals surface area contributed by atoms with Crippen molar-refractivity contribution in [3.05, 3.63) is 24.3 Å². The van der Waals surface area contributed by atoms with Gasteiger partial charge in [0, 0.05) is 25.0 Å². The molecule has 2 atom stereocenters. The summed E-state index contributed by atoms with van der Waals surface area (Å²) in [4.78, 5) is 46.1. The van der Waals surface area contributed by atoms with E-state index >= 15 is 0 Å². The predicted octanol–water partition coefficient (Wildman–Crippen LogP) is 1.67. The van der Waals surface area contributed by atoms with E-state index in [1.54, 1.807) is 13.8 Å². The minimum Gasteiger partial charge on any atom is -0.459 e. The molecule has 1 aliphatic heterocycles. The number of rotatable bonds is 0. The molecule has 0 saturated carbocycles. The lowest BCUT2D eigenvalue weighted by Gasteiger charge is -2.12. The lowest BCUT2D eigenvalue weighted by molar-refractivity contribution is -0.143. The Labute approximate surface area is 129 Å². The van der Waals surface area contributed by atoms with E-state index in [4.69, 9.17) is 9.47 Å². The number of allylic oxidation sites excluding steroid dienone is 2. The first-order valence-electron chi connectivity index (χ1n) is 7.20. The number of cyclic esters (lactones) is 2. The second kappa shape index (κ2) is 8.92. The summed E-state index contributed by atoms with van der Waals surface area (Å²) in [6.45, 7) is 3.31. The molecule has 1 heterocycles. The van der Waals surface area contributed by atoms with Crippen molar-refractivity contribution in [2.75, 3.05) is 0 Å². The van der Waals surface area contributed by atoms with Crippen LogP contribution in [0.25, 0.3) is 0 Å². The molecule has 0 amide bonds. The van der Waals surface area contributed by atoms with E-state index in [1.165, 1.54) is 0 Å². The van der Waals surface area contributed by atoms with Gasteiger partial charge in [0.1, 0.15) is 0 Å². The van der Waals surface area contributed by atoms with E-state index in [0.29, 0.717) is 12.8 Å². The molecule has 0 fully saturated rings. The Balaban J connectivity index is 2.75. The molecule has 6 heteroatoms. The smallest absolute Gasteiger partial charge is 0.331 e. The molecular weight excluding hydrogens is 288 g/mol. The molecule has 0 aromatic carbocycles. The summed E-state index contributed by atoms with van der Waals surface area (Å²) < 4.78 is 10.1. The van der Waals surface area contributed by atoms with Gasteiger partial charge < -0.3 is 9.47 Å². The lowest BCUT2D eigenvalue weighted by Crippen LogP contribution is -2.16. The molecule has 0 aromatic rings. The van der Waals surface area contributed by atoms with Crippen molar-refractivity contribution >= 4 is 23.5 Å². The highest BCUT2D eigenvalue weighted by molar-refractivity contribution is 5.96. The summed E-state index contributed by atoms with van der Waals surface area (Å²) in [5.41, 5.74) is 0. The molecule has 0 saturated heterocycles. The van der Waals surface area contributed by atoms with Crippen molar-refractivity contribution in [1.82, 2.24) is 0 Å². The highest BCUT2D eigenvalue weighted by Gasteiger charge is 2.12. The summed E-state index contributed by atoms with van der Waals surface area (Å²) in [6, 6.07) is 0. The minimum absolute atomic E-state index is 0.149. The number of hydrogen-bond donors (Lipinski definition) is 0. The highest BCUT2D eigenvalue weighted by atomic mass is 16.5. The van der Waals surface area contributed by atoms with Crippen molar-refractivity contribution in [2.24, 2.45) is 0 Å². The van der Waals surface area contributed by atoms with Crippen molar-refractivity contribution in [3.63, 3.8) is 0 Å². The number of esters is 2. The Hall–Kier alpha value is -2.24. The zero-order valence-electron chi connectivity index (χ0n) is 12.7. The maximum atomic E-state index is 11.6. The fourth-order valence-electron chi connectivity index (χ4n) is 1.77. The van der Waals surface area contributed by atoms with Gasteiger partial charge in [-0.15, -0.1) is 0 Å². The SMILES string of the molecule is CC1CCC(=O)/C=C/C(=O)O[C@@H](C)CCC(=O)/C=C/C(=O)O1. The highest BCUT2D eigenvalue weighted by Crippen LogP contribution is 2.07. The Morgan fingerprint density at radius 2 is 1.09 bits per heavy atom. The first-order chi connectivity index (χ1) is 10.4. The summed E-state index contributed by atoms with van der Waals surface area (Å²) >= 11 is 0. The van der Waals surface area contributed by atoms with Crippen molar-refractivity contribution in [2.45, 2.75) is 51.7 Å². The standard InChI is InChI=1S/C16H20O6/c1-11-3-5-13(17)8-10-16(20)22-12(2)4-6-14(18)7-9-15(19)21-11/h7-12H,3-6H2,1-2H3/b9-7+,10-8+/t11-,12?/m0/s1. The van der Waals surface area contributed by atoms with Gasteiger partial charge in [0.25, 0.3) is 0 Å². The van der Waals surface area contributed by atoms with Crippen LogP contribution in [0, 0.1) is 0 Å². The summed E-state index contributed by atoms with van der Waals surface area (Å²) in [5, 5.41) is 0. The Bertz CT molecular complexity index is 457. The third-order valence-electron chi connectivity index (χ3n) is 3.04. The van der Waals surface area contributed by atoms with Gasteiger partial charge >= 0.3 is 11.9 Å². The van der Waals surface area contributed by atoms with Gasteiger partial charge in [0.05, 0.1) is 12.2 Å². The molecule has 0 N–H and O–H groups in total. The van der Waals surface area contributed by atoms with Gasteiger partial charge in [-0.1, -0.05) is 0 Å². The van der Waals surface area contributed by atoms with Crippen LogP contribution >= 0.6 is 0 Å². The molecule has 0 radical (unpaired) electrons. The van der Waals surface area contributed by atoms with Crippen LogP contribution in [0.15, 0.2) is 24.3 Å². The largest absolute Gasteiger partial charge is 0.459 e. The van der Waals surface area contributed by atoms with Crippen LogP contribution in [0.3, 0.4) is 0 Å². The Kier molecular flexibility index (Phi) is 7.22. The van der Waals surface area contributed by atoms with Gasteiger partial charge in [0.2, 0.25) is 0 Å². The topological polar surface area (TPSA) is 86.7 Å². The van der Waals surface area contributed by atoms with Gasteiger partial charge in [-0.05, 0) is 38.8 Å². The van der Waals surface area contributed by atoms with Gasteiger partial charge in [-0.2, -0.15) is 0 Å². The summed E-state index contributed by atoms with van der Waals surface area (Å²) in [5.74, 6) is -1.72. The van der Waals surface area contributed by atoms with Crippen molar-refractivity contribution < 1.29 is 28.7 Å². The summed E-state index contributed by atoms with van der Waals surface area (Å²) in [6.07, 6.45) is 4.51. The molecule has 6 nitrogen and oxygen atoms in total. The van der Waals surface area contributed by atoms with Crippen LogP contribution in [-0.4, -0.2) is 35.7 Å². The monoisotopic (exact) mass is 308 g/mol. The van der Waals surface area contributed by atoms with Crippen LogP contribution in [0.2, 0.25) is 0 Å². The number of carbonyl (C=O) groups excluding carboxylic acids is 4. The van der Waals surface area contributed by atoms with Crippen molar-refractivity contribution in [1.29, 1.82) is 0 Å². The molecule has 0 aromatic heterocycles. The van der Waals surface area contributed by atoms with Crippen molar-refractivity contribution in [3.8, 4) is 0 Å². The zero-order valence-corrected chi connectivity index (χ0v) is 12.7. The second-order valence-corrected chi connectivity index (χ2v) is 5.17. The maximum Gasteiger partial charge on any atom is 0.331 e. The van der Waals surface area contributed by atoms with Crippen LogP contribution in [0.1, 0.15) is 39.5 Å². The molecule has 1 unspecified atom stereocenters. The molecule has 0 spiro atoms. The third kappa shape index (κ3) is 7.52. The van der Waals surface area contributed by atoms with E-state index in [2.05, 4.69) is 0 Å². The number of ether oxygens (including phenoxy) is 2. The van der Waals surface area contributed by atoms with E-state index < -0.39 is 24.1 Å². The molecule has 120 valence electrons. The minimum atomic E-state index is -0.615. The first kappa shape index (κ1) is 17.8. The number of carbonyl (C=O) groups is 4. The lowest BCUT2D eigenvalue weighted by atomic mass is 10.1. The molecular formula is C16H20O6. The summed E-state index contributed by atoms with van der Waals surface area (Å²) in [7, 11) is 0. The fraction of sp³-hybridized carbons (Fsp3) is 0.500. The van der Waals surface area contributed by atoms with Crippen LogP contribution < -0.4 is 0 Å².